The summed E-state index contributed by atoms with van der Waals surface area (Å²) in [7, 11) is 0. The summed E-state index contributed by atoms with van der Waals surface area (Å²) in [5.74, 6) is 0.0512. The minimum Gasteiger partial charge on any atom is -0.454 e. The zero-order chi connectivity index (χ0) is 19.7. The Morgan fingerprint density at radius 2 is 2.00 bits per heavy atom. The van der Waals surface area contributed by atoms with E-state index in [1.54, 1.807) is 18.2 Å². The van der Waals surface area contributed by atoms with Crippen molar-refractivity contribution in [3.8, 4) is 11.5 Å². The molecule has 4 rings (SSSR count). The third-order valence-electron chi connectivity index (χ3n) is 3.88. The van der Waals surface area contributed by atoms with Gasteiger partial charge in [0.15, 0.2) is 22.8 Å². The summed E-state index contributed by atoms with van der Waals surface area (Å²) in [5, 5.41) is 4.02. The molecule has 0 unspecified atom stereocenters. The fraction of sp³-hybridized carbons (Fsp3) is 0.111. The van der Waals surface area contributed by atoms with Gasteiger partial charge in [0.2, 0.25) is 6.79 Å². The molecule has 1 aliphatic heterocycles. The molecular formula is C18H11F3N4O3. The summed E-state index contributed by atoms with van der Waals surface area (Å²) in [4.78, 5) is 19.6. The van der Waals surface area contributed by atoms with Gasteiger partial charge < -0.3 is 9.47 Å². The quantitative estimate of drug-likeness (QED) is 0.550. The number of ether oxygens (including phenoxy) is 2. The molecule has 10 heteroatoms. The highest BCUT2D eigenvalue weighted by Gasteiger charge is 2.37. The van der Waals surface area contributed by atoms with Gasteiger partial charge in [-0.2, -0.15) is 18.3 Å². The number of carbonyl (C=O) groups excluding carboxylic acids is 1. The number of alkyl halides is 3. The highest BCUT2D eigenvalue weighted by molar-refractivity contribution is 5.98. The molecule has 0 radical (unpaired) electrons. The van der Waals surface area contributed by atoms with Gasteiger partial charge in [0.1, 0.15) is 0 Å². The Morgan fingerprint density at radius 1 is 1.18 bits per heavy atom. The van der Waals surface area contributed by atoms with Crippen molar-refractivity contribution in [1.82, 2.24) is 15.4 Å². The van der Waals surface area contributed by atoms with Crippen molar-refractivity contribution < 1.29 is 27.4 Å². The molecule has 0 bridgehead atoms. The Bertz CT molecular complexity index is 1100. The largest absolute Gasteiger partial charge is 0.454 e. The second kappa shape index (κ2) is 6.80. The molecule has 7 nitrogen and oxygen atoms in total. The highest BCUT2D eigenvalue weighted by atomic mass is 19.4. The van der Waals surface area contributed by atoms with Gasteiger partial charge in [-0.1, -0.05) is 0 Å². The number of halogens is 3. The number of pyridine rings is 2. The van der Waals surface area contributed by atoms with Crippen molar-refractivity contribution in [2.45, 2.75) is 6.18 Å². The van der Waals surface area contributed by atoms with Crippen LogP contribution in [0.15, 0.2) is 47.7 Å². The lowest BCUT2D eigenvalue weighted by Crippen LogP contribution is -2.23. The van der Waals surface area contributed by atoms with Gasteiger partial charge in [0.05, 0.1) is 11.8 Å². The van der Waals surface area contributed by atoms with Crippen molar-refractivity contribution >= 4 is 23.2 Å². The monoisotopic (exact) mass is 388 g/mol. The molecular weight excluding hydrogens is 377 g/mol. The van der Waals surface area contributed by atoms with E-state index in [9.17, 15) is 18.0 Å². The summed E-state index contributed by atoms with van der Waals surface area (Å²) in [6, 6.07) is 9.09. The first-order chi connectivity index (χ1) is 13.4. The van der Waals surface area contributed by atoms with E-state index >= 15 is 0 Å². The van der Waals surface area contributed by atoms with E-state index in [-0.39, 0.29) is 12.4 Å². The molecule has 142 valence electrons. The van der Waals surface area contributed by atoms with Crippen molar-refractivity contribution in [3.05, 3.63) is 59.4 Å². The summed E-state index contributed by atoms with van der Waals surface area (Å²) in [5.41, 5.74) is 0.592. The fourth-order valence-corrected chi connectivity index (χ4v) is 2.61. The second-order valence-electron chi connectivity index (χ2n) is 5.74. The number of carbonyl (C=O) groups is 1. The lowest BCUT2D eigenvalue weighted by atomic mass is 10.1. The third-order valence-corrected chi connectivity index (χ3v) is 3.88. The maximum atomic E-state index is 13.3. The number of nitrogens with one attached hydrogen (secondary N) is 1. The molecule has 1 aliphatic rings. The predicted octanol–water partition coefficient (Wildman–Crippen LogP) is 3.14. The topological polar surface area (TPSA) is 85.7 Å². The number of nitrogens with zero attached hydrogens (tertiary/aromatic N) is 3. The Hall–Kier alpha value is -3.69. The number of amides is 1. The van der Waals surface area contributed by atoms with Gasteiger partial charge >= 0.3 is 6.18 Å². The van der Waals surface area contributed by atoms with Gasteiger partial charge in [0.25, 0.3) is 5.91 Å². The van der Waals surface area contributed by atoms with E-state index < -0.39 is 23.3 Å². The van der Waals surface area contributed by atoms with Crippen LogP contribution in [-0.4, -0.2) is 28.9 Å². The van der Waals surface area contributed by atoms with Crippen LogP contribution in [-0.2, 0) is 6.18 Å². The molecule has 3 heterocycles. The van der Waals surface area contributed by atoms with Gasteiger partial charge in [-0.05, 0) is 42.0 Å². The van der Waals surface area contributed by atoms with E-state index in [4.69, 9.17) is 9.47 Å². The summed E-state index contributed by atoms with van der Waals surface area (Å²) >= 11 is 0. The van der Waals surface area contributed by atoms with Crippen LogP contribution in [0.2, 0.25) is 0 Å². The minimum atomic E-state index is -4.82. The Kier molecular flexibility index (Phi) is 4.30. The zero-order valence-electron chi connectivity index (χ0n) is 14.0. The Morgan fingerprint density at radius 3 is 2.82 bits per heavy atom. The number of aromatic nitrogens is 2. The molecule has 0 fully saturated rings. The molecule has 0 atom stereocenters. The predicted molar refractivity (Wildman–Crippen MR) is 92.2 cm³/mol. The van der Waals surface area contributed by atoms with E-state index in [1.165, 1.54) is 24.5 Å². The van der Waals surface area contributed by atoms with Crippen molar-refractivity contribution in [2.75, 3.05) is 6.79 Å². The maximum Gasteiger partial charge on any atom is 0.434 e. The molecule has 1 N–H and O–H groups in total. The van der Waals surface area contributed by atoms with Gasteiger partial charge in [-0.15, -0.1) is 0 Å². The van der Waals surface area contributed by atoms with Crippen molar-refractivity contribution in [2.24, 2.45) is 5.10 Å². The van der Waals surface area contributed by atoms with Crippen LogP contribution >= 0.6 is 0 Å². The molecule has 0 aliphatic carbocycles. The molecule has 3 aromatic rings. The van der Waals surface area contributed by atoms with Gasteiger partial charge in [-0.3, -0.25) is 4.79 Å². The minimum absolute atomic E-state index is 0.102. The van der Waals surface area contributed by atoms with Crippen LogP contribution in [0.25, 0.3) is 11.0 Å². The molecule has 0 spiro atoms. The average molecular weight is 388 g/mol. The molecule has 2 aromatic heterocycles. The van der Waals surface area contributed by atoms with Crippen LogP contribution < -0.4 is 14.9 Å². The number of rotatable bonds is 3. The highest BCUT2D eigenvalue weighted by Crippen LogP contribution is 2.33. The first kappa shape index (κ1) is 17.7. The van der Waals surface area contributed by atoms with Crippen LogP contribution in [0.1, 0.15) is 21.6 Å². The second-order valence-corrected chi connectivity index (χ2v) is 5.74. The smallest absolute Gasteiger partial charge is 0.434 e. The van der Waals surface area contributed by atoms with E-state index in [0.29, 0.717) is 22.4 Å². The lowest BCUT2D eigenvalue weighted by Gasteiger charge is -2.11. The Balaban J connectivity index is 1.59. The fourth-order valence-electron chi connectivity index (χ4n) is 2.61. The molecule has 1 amide bonds. The SMILES string of the molecule is O=C(N/N=C/c1ccc2c(c1)OCO2)c1cc2cccnc2nc1C(F)(F)F. The summed E-state index contributed by atoms with van der Waals surface area (Å²) < 4.78 is 50.3. The van der Waals surface area contributed by atoms with Crippen molar-refractivity contribution in [1.29, 1.82) is 0 Å². The average Bonchev–Trinajstić information content (AvgIpc) is 3.14. The van der Waals surface area contributed by atoms with Gasteiger partial charge in [0, 0.05) is 11.6 Å². The first-order valence-electron chi connectivity index (χ1n) is 7.98. The van der Waals surface area contributed by atoms with Gasteiger partial charge in [-0.25, -0.2) is 15.4 Å². The summed E-state index contributed by atoms with van der Waals surface area (Å²) in [6.07, 6.45) is -2.21. The first-order valence-corrected chi connectivity index (χ1v) is 7.98. The van der Waals surface area contributed by atoms with Crippen LogP contribution in [0.3, 0.4) is 0 Å². The van der Waals surface area contributed by atoms with Crippen LogP contribution in [0, 0.1) is 0 Å². The zero-order valence-corrected chi connectivity index (χ0v) is 14.0. The normalized spacial score (nSPS) is 13.2. The molecule has 0 saturated heterocycles. The number of fused-ring (bicyclic) bond motifs is 2. The van der Waals surface area contributed by atoms with E-state index in [1.807, 2.05) is 0 Å². The van der Waals surface area contributed by atoms with E-state index in [0.717, 1.165) is 6.07 Å². The number of hydrazone groups is 1. The Labute approximate surface area is 155 Å². The number of hydrogen-bond acceptors (Lipinski definition) is 6. The summed E-state index contributed by atoms with van der Waals surface area (Å²) in [6.45, 7) is 0.108. The van der Waals surface area contributed by atoms with Crippen LogP contribution in [0.4, 0.5) is 13.2 Å². The standard InChI is InChI=1S/C18H11F3N4O3/c19-18(20,21)15-12(7-11-2-1-5-22-16(11)24-15)17(26)25-23-8-10-3-4-13-14(6-10)28-9-27-13/h1-8H,9H2,(H,25,26)/b23-8+. The maximum absolute atomic E-state index is 13.3. The number of hydrogen-bond donors (Lipinski definition) is 1. The van der Waals surface area contributed by atoms with Crippen molar-refractivity contribution in [3.63, 3.8) is 0 Å². The van der Waals surface area contributed by atoms with Crippen LogP contribution in [0.5, 0.6) is 11.5 Å². The number of benzene rings is 1. The molecule has 28 heavy (non-hydrogen) atoms. The van der Waals surface area contributed by atoms with E-state index in [2.05, 4.69) is 20.5 Å². The molecule has 0 saturated carbocycles. The molecule has 1 aromatic carbocycles. The third kappa shape index (κ3) is 3.43. The lowest BCUT2D eigenvalue weighted by molar-refractivity contribution is -0.141.